The third-order valence-corrected chi connectivity index (χ3v) is 3.43. The van der Waals surface area contributed by atoms with Crippen molar-refractivity contribution in [1.29, 1.82) is 0 Å². The van der Waals surface area contributed by atoms with E-state index in [-0.39, 0.29) is 5.75 Å². The number of ether oxygens (including phenoxy) is 1. The maximum Gasteiger partial charge on any atom is 0.573 e. The largest absolute Gasteiger partial charge is 0.573 e. The number of hydrogen-bond acceptors (Lipinski definition) is 4. The van der Waals surface area contributed by atoms with Gasteiger partial charge in [-0.15, -0.1) is 18.3 Å². The van der Waals surface area contributed by atoms with E-state index in [4.69, 9.17) is 5.11 Å². The van der Waals surface area contributed by atoms with Gasteiger partial charge in [0.2, 0.25) is 0 Å². The predicted molar refractivity (Wildman–Crippen MR) is 95.1 cm³/mol. The van der Waals surface area contributed by atoms with Crippen LogP contribution in [0.15, 0.2) is 54.9 Å². The molecule has 0 unspecified atom stereocenters. The average molecular weight is 390 g/mol. The van der Waals surface area contributed by atoms with Gasteiger partial charge in [-0.05, 0) is 48.0 Å². The number of benzene rings is 2. The Hall–Kier alpha value is -3.82. The molecule has 10 heteroatoms. The second-order valence-electron chi connectivity index (χ2n) is 5.47. The normalized spacial score (nSPS) is 11.5. The van der Waals surface area contributed by atoms with E-state index in [1.54, 1.807) is 36.4 Å². The van der Waals surface area contributed by atoms with Crippen molar-refractivity contribution < 1.29 is 27.8 Å². The van der Waals surface area contributed by atoms with Crippen LogP contribution in [-0.4, -0.2) is 32.3 Å². The van der Waals surface area contributed by atoms with Crippen LogP contribution in [0, 0.1) is 0 Å². The van der Waals surface area contributed by atoms with Crippen molar-refractivity contribution in [3.8, 4) is 11.4 Å². The first-order valence-corrected chi connectivity index (χ1v) is 7.84. The van der Waals surface area contributed by atoms with Gasteiger partial charge in [0, 0.05) is 5.69 Å². The number of nitrogens with one attached hydrogen (secondary N) is 1. The van der Waals surface area contributed by atoms with Crippen molar-refractivity contribution in [1.82, 2.24) is 14.8 Å². The lowest BCUT2D eigenvalue weighted by Gasteiger charge is -2.09. The molecule has 0 spiro atoms. The van der Waals surface area contributed by atoms with E-state index < -0.39 is 12.5 Å². The molecule has 28 heavy (non-hydrogen) atoms. The predicted octanol–water partition coefficient (Wildman–Crippen LogP) is 4.43. The van der Waals surface area contributed by atoms with Crippen LogP contribution in [0.5, 0.6) is 5.75 Å². The van der Waals surface area contributed by atoms with Crippen molar-refractivity contribution in [3.05, 3.63) is 66.2 Å². The minimum absolute atomic E-state index is 0.322. The Morgan fingerprint density at radius 3 is 2.36 bits per heavy atom. The second kappa shape index (κ2) is 7.82. The highest BCUT2D eigenvalue weighted by Gasteiger charge is 2.30. The van der Waals surface area contributed by atoms with Gasteiger partial charge in [-0.1, -0.05) is 18.2 Å². The lowest BCUT2D eigenvalue weighted by molar-refractivity contribution is -0.274. The maximum atomic E-state index is 12.2. The monoisotopic (exact) mass is 390 g/mol. The minimum atomic E-state index is -4.74. The standard InChI is InChI=1S/C18H13F3N4O3/c19-18(20,21)28-15-8-6-14(7-9-15)25-11-22-16(24-25)10-3-12-1-4-13(5-2-12)23-17(26)27/h1-11,23H,(H,26,27)/b10-3+. The number of aromatic nitrogens is 3. The molecule has 0 fully saturated rings. The van der Waals surface area contributed by atoms with E-state index in [0.29, 0.717) is 17.2 Å². The summed E-state index contributed by atoms with van der Waals surface area (Å²) >= 11 is 0. The van der Waals surface area contributed by atoms with E-state index in [1.807, 2.05) is 0 Å². The Bertz CT molecular complexity index is 981. The summed E-state index contributed by atoms with van der Waals surface area (Å²) in [6.07, 6.45) is -1.06. The summed E-state index contributed by atoms with van der Waals surface area (Å²) in [5.74, 6) is 0.0701. The van der Waals surface area contributed by atoms with Crippen molar-refractivity contribution in [2.24, 2.45) is 0 Å². The van der Waals surface area contributed by atoms with Gasteiger partial charge in [0.05, 0.1) is 5.69 Å². The highest BCUT2D eigenvalue weighted by Crippen LogP contribution is 2.23. The van der Waals surface area contributed by atoms with Crippen LogP contribution in [0.25, 0.3) is 17.8 Å². The van der Waals surface area contributed by atoms with E-state index in [1.165, 1.54) is 35.3 Å². The van der Waals surface area contributed by atoms with Gasteiger partial charge in [0.15, 0.2) is 5.82 Å². The molecule has 0 saturated heterocycles. The molecule has 1 heterocycles. The van der Waals surface area contributed by atoms with E-state index in [0.717, 1.165) is 5.56 Å². The number of amides is 1. The fraction of sp³-hybridized carbons (Fsp3) is 0.0556. The number of alkyl halides is 3. The Kier molecular flexibility index (Phi) is 5.30. The van der Waals surface area contributed by atoms with E-state index in [2.05, 4.69) is 20.1 Å². The van der Waals surface area contributed by atoms with Gasteiger partial charge in [-0.25, -0.2) is 14.5 Å². The lowest BCUT2D eigenvalue weighted by atomic mass is 10.2. The van der Waals surface area contributed by atoms with Crippen LogP contribution < -0.4 is 10.1 Å². The molecule has 2 N–H and O–H groups in total. The minimum Gasteiger partial charge on any atom is -0.465 e. The Balaban J connectivity index is 1.66. The lowest BCUT2D eigenvalue weighted by Crippen LogP contribution is -2.17. The van der Waals surface area contributed by atoms with Gasteiger partial charge in [0.1, 0.15) is 12.1 Å². The number of halogens is 3. The molecule has 0 atom stereocenters. The highest BCUT2D eigenvalue weighted by atomic mass is 19.4. The third kappa shape index (κ3) is 5.34. The summed E-state index contributed by atoms with van der Waals surface area (Å²) in [6, 6.07) is 11.9. The third-order valence-electron chi connectivity index (χ3n) is 3.43. The molecule has 0 aliphatic carbocycles. The van der Waals surface area contributed by atoms with Crippen LogP contribution in [0.3, 0.4) is 0 Å². The first kappa shape index (κ1) is 19.0. The molecule has 7 nitrogen and oxygen atoms in total. The van der Waals surface area contributed by atoms with Gasteiger partial charge in [-0.2, -0.15) is 0 Å². The molecule has 0 saturated carbocycles. The smallest absolute Gasteiger partial charge is 0.465 e. The van der Waals surface area contributed by atoms with Gasteiger partial charge < -0.3 is 9.84 Å². The molecule has 0 aliphatic heterocycles. The first-order chi connectivity index (χ1) is 13.3. The summed E-state index contributed by atoms with van der Waals surface area (Å²) in [7, 11) is 0. The van der Waals surface area contributed by atoms with Crippen LogP contribution in [-0.2, 0) is 0 Å². The van der Waals surface area contributed by atoms with Crippen molar-refractivity contribution in [2.45, 2.75) is 6.36 Å². The number of anilines is 1. The molecular weight excluding hydrogens is 377 g/mol. The Morgan fingerprint density at radius 2 is 1.75 bits per heavy atom. The molecule has 3 aromatic rings. The molecule has 1 amide bonds. The molecular formula is C18H13F3N4O3. The first-order valence-electron chi connectivity index (χ1n) is 7.84. The summed E-state index contributed by atoms with van der Waals surface area (Å²) < 4.78 is 41.8. The molecule has 1 aromatic heterocycles. The quantitative estimate of drug-likeness (QED) is 0.673. The van der Waals surface area contributed by atoms with Crippen molar-refractivity contribution >= 4 is 23.9 Å². The zero-order valence-electron chi connectivity index (χ0n) is 14.1. The molecule has 144 valence electrons. The Morgan fingerprint density at radius 1 is 1.07 bits per heavy atom. The number of rotatable bonds is 5. The Labute approximate surface area is 156 Å². The average Bonchev–Trinajstić information content (AvgIpc) is 3.09. The maximum absolute atomic E-state index is 12.2. The number of carboxylic acid groups (broad SMARTS) is 1. The topological polar surface area (TPSA) is 89.3 Å². The number of nitrogens with zero attached hydrogens (tertiary/aromatic N) is 3. The van der Waals surface area contributed by atoms with Crippen molar-refractivity contribution in [3.63, 3.8) is 0 Å². The SMILES string of the molecule is O=C(O)Nc1ccc(/C=C/c2ncn(-c3ccc(OC(F)(F)F)cc3)n2)cc1. The summed E-state index contributed by atoms with van der Waals surface area (Å²) in [5.41, 5.74) is 1.77. The number of hydrogen-bond donors (Lipinski definition) is 2. The van der Waals surface area contributed by atoms with Crippen LogP contribution in [0.4, 0.5) is 23.7 Å². The summed E-state index contributed by atoms with van der Waals surface area (Å²) in [5, 5.41) is 15.1. The van der Waals surface area contributed by atoms with E-state index in [9.17, 15) is 18.0 Å². The zero-order valence-corrected chi connectivity index (χ0v) is 14.1. The fourth-order valence-electron chi connectivity index (χ4n) is 2.25. The molecule has 3 rings (SSSR count). The van der Waals surface area contributed by atoms with Crippen LogP contribution in [0.1, 0.15) is 11.4 Å². The van der Waals surface area contributed by atoms with Crippen LogP contribution in [0.2, 0.25) is 0 Å². The van der Waals surface area contributed by atoms with Gasteiger partial charge in [0.25, 0.3) is 0 Å². The van der Waals surface area contributed by atoms with E-state index >= 15 is 0 Å². The van der Waals surface area contributed by atoms with Crippen LogP contribution >= 0.6 is 0 Å². The fourth-order valence-corrected chi connectivity index (χ4v) is 2.25. The van der Waals surface area contributed by atoms with Gasteiger partial charge >= 0.3 is 12.5 Å². The molecule has 2 aromatic carbocycles. The summed E-state index contributed by atoms with van der Waals surface area (Å²) in [4.78, 5) is 14.7. The van der Waals surface area contributed by atoms with Crippen molar-refractivity contribution in [2.75, 3.05) is 5.32 Å². The molecule has 0 radical (unpaired) electrons. The summed E-state index contributed by atoms with van der Waals surface area (Å²) in [6.45, 7) is 0. The zero-order chi connectivity index (χ0) is 20.1. The second-order valence-corrected chi connectivity index (χ2v) is 5.47. The molecule has 0 aliphatic rings. The molecule has 0 bridgehead atoms. The van der Waals surface area contributed by atoms with Gasteiger partial charge in [-0.3, -0.25) is 5.32 Å². The number of carbonyl (C=O) groups is 1. The highest BCUT2D eigenvalue weighted by molar-refractivity contribution is 5.83.